The maximum atomic E-state index is 17.7. The van der Waals surface area contributed by atoms with E-state index < -0.39 is 47.0 Å². The van der Waals surface area contributed by atoms with Crippen molar-refractivity contribution in [2.75, 3.05) is 84.6 Å². The molecule has 4 aliphatic heterocycles. The van der Waals surface area contributed by atoms with Crippen molar-refractivity contribution in [3.05, 3.63) is 59.2 Å². The molecule has 1 N–H and O–H groups in total. The quantitative estimate of drug-likeness (QED) is 0.355. The fraction of sp³-hybridized carbons (Fsp3) is 0.595. The third-order valence-corrected chi connectivity index (χ3v) is 11.2. The van der Waals surface area contributed by atoms with Crippen LogP contribution < -0.4 is 9.64 Å². The van der Waals surface area contributed by atoms with Crippen LogP contribution >= 0.6 is 0 Å². The van der Waals surface area contributed by atoms with E-state index in [1.165, 1.54) is 25.2 Å². The highest BCUT2D eigenvalue weighted by Crippen LogP contribution is 2.46. The molecular formula is C37H46F4N4O6. The zero-order chi connectivity index (χ0) is 36.5. The van der Waals surface area contributed by atoms with Gasteiger partial charge in [0.15, 0.2) is 0 Å². The van der Waals surface area contributed by atoms with E-state index in [2.05, 4.69) is 0 Å². The number of rotatable bonds is 10. The van der Waals surface area contributed by atoms with Gasteiger partial charge in [0.2, 0.25) is 11.6 Å². The second-order valence-corrected chi connectivity index (χ2v) is 14.3. The summed E-state index contributed by atoms with van der Waals surface area (Å²) < 4.78 is 70.4. The van der Waals surface area contributed by atoms with Crippen molar-refractivity contribution >= 4 is 23.5 Å². The minimum absolute atomic E-state index is 0.00594. The van der Waals surface area contributed by atoms with Gasteiger partial charge in [0, 0.05) is 82.9 Å². The van der Waals surface area contributed by atoms with Crippen LogP contribution in [0.4, 0.5) is 23.2 Å². The number of aliphatic carboxylic acids is 1. The average molecular weight is 719 g/mol. The van der Waals surface area contributed by atoms with Gasteiger partial charge < -0.3 is 29.3 Å². The molecule has 4 aliphatic rings. The standard InChI is InChI=1S/C37H46F4N4O6/c1-50-22-26-18-45(19-30(26)29-10-7-27(37(39,40)41)17-32(29)43-15-11-25(12-16-43)34(47)48)35(49)36(38)23-42(21-33(46)44-13-3-4-14-44)20-31(36)24-5-8-28(51-2)9-6-24/h5-10,17,25-26,30-31H,3-4,11-16,18-23H2,1-2H3,(H,47,48)/t26-,30+,31+,36+/m1/s1. The zero-order valence-corrected chi connectivity index (χ0v) is 29.0. The van der Waals surface area contributed by atoms with Crippen LogP contribution in [0.1, 0.15) is 54.2 Å². The monoisotopic (exact) mass is 718 g/mol. The SMILES string of the molecule is COC[C@H]1CN(C(=O)[C@]2(F)CN(CC(=O)N3CCCC3)C[C@H]2c2ccc(OC)cc2)C[C@@H]1c1ccc(C(F)(F)F)cc1N1CCC(C(=O)O)CC1. The predicted molar refractivity (Wildman–Crippen MR) is 181 cm³/mol. The number of methoxy groups -OCH3 is 2. The van der Waals surface area contributed by atoms with E-state index in [1.807, 2.05) is 0 Å². The largest absolute Gasteiger partial charge is 0.497 e. The normalized spacial score (nSPS) is 26.2. The van der Waals surface area contributed by atoms with Gasteiger partial charge in [-0.1, -0.05) is 18.2 Å². The number of alkyl halides is 4. The Bertz CT molecular complexity index is 1580. The number of carbonyl (C=O) groups is 3. The van der Waals surface area contributed by atoms with Crippen LogP contribution in [0.25, 0.3) is 0 Å². The molecule has 0 radical (unpaired) electrons. The van der Waals surface area contributed by atoms with E-state index in [0.29, 0.717) is 35.7 Å². The number of carboxylic acid groups (broad SMARTS) is 1. The second kappa shape index (κ2) is 15.0. The van der Waals surface area contributed by atoms with Crippen LogP contribution in [0.2, 0.25) is 0 Å². The highest BCUT2D eigenvalue weighted by Gasteiger charge is 2.57. The first-order valence-corrected chi connectivity index (χ1v) is 17.6. The molecule has 51 heavy (non-hydrogen) atoms. The van der Waals surface area contributed by atoms with E-state index in [1.54, 1.807) is 39.0 Å². The molecule has 2 aromatic carbocycles. The molecule has 278 valence electrons. The van der Waals surface area contributed by atoms with E-state index in [-0.39, 0.29) is 77.1 Å². The Kier molecular flexibility index (Phi) is 10.8. The van der Waals surface area contributed by atoms with Gasteiger partial charge in [0.25, 0.3) is 5.91 Å². The first-order valence-electron chi connectivity index (χ1n) is 17.6. The lowest BCUT2D eigenvalue weighted by atomic mass is 9.85. The summed E-state index contributed by atoms with van der Waals surface area (Å²) >= 11 is 0. The average Bonchev–Trinajstić information content (AvgIpc) is 3.88. The molecule has 2 aromatic rings. The number of halogens is 4. The molecule has 4 fully saturated rings. The van der Waals surface area contributed by atoms with Crippen LogP contribution in [-0.2, 0) is 25.3 Å². The summed E-state index contributed by atoms with van der Waals surface area (Å²) in [4.78, 5) is 46.0. The lowest BCUT2D eigenvalue weighted by Gasteiger charge is -2.35. The van der Waals surface area contributed by atoms with E-state index in [9.17, 15) is 32.7 Å². The van der Waals surface area contributed by atoms with Gasteiger partial charge >= 0.3 is 12.1 Å². The van der Waals surface area contributed by atoms with Crippen molar-refractivity contribution in [2.24, 2.45) is 11.8 Å². The Morgan fingerprint density at radius 3 is 2.22 bits per heavy atom. The van der Waals surface area contributed by atoms with Crippen molar-refractivity contribution in [2.45, 2.75) is 49.4 Å². The van der Waals surface area contributed by atoms with Gasteiger partial charge in [0.1, 0.15) is 5.75 Å². The number of piperidine rings is 1. The fourth-order valence-electron chi connectivity index (χ4n) is 8.41. The number of hydrogen-bond donors (Lipinski definition) is 1. The summed E-state index contributed by atoms with van der Waals surface area (Å²) in [5.41, 5.74) is -1.68. The van der Waals surface area contributed by atoms with Crippen LogP contribution in [0.5, 0.6) is 5.75 Å². The van der Waals surface area contributed by atoms with Gasteiger partial charge in [-0.25, -0.2) is 4.39 Å². The topological polar surface area (TPSA) is 103 Å². The van der Waals surface area contributed by atoms with Crippen LogP contribution in [0.3, 0.4) is 0 Å². The summed E-state index contributed by atoms with van der Waals surface area (Å²) in [6, 6.07) is 10.5. The number of anilines is 1. The molecule has 4 atom stereocenters. The first kappa shape index (κ1) is 36.9. The lowest BCUT2D eigenvalue weighted by Crippen LogP contribution is -2.50. The summed E-state index contributed by atoms with van der Waals surface area (Å²) in [6.45, 7) is 2.10. The number of ether oxygens (including phenoxy) is 2. The number of nitrogens with zero attached hydrogens (tertiary/aromatic N) is 4. The third-order valence-electron chi connectivity index (χ3n) is 11.2. The van der Waals surface area contributed by atoms with Crippen molar-refractivity contribution in [3.63, 3.8) is 0 Å². The smallest absolute Gasteiger partial charge is 0.416 e. The van der Waals surface area contributed by atoms with Gasteiger partial charge in [0.05, 0.1) is 31.7 Å². The third kappa shape index (κ3) is 7.67. The molecule has 0 saturated carbocycles. The van der Waals surface area contributed by atoms with Crippen LogP contribution in [0, 0.1) is 11.8 Å². The van der Waals surface area contributed by atoms with Crippen molar-refractivity contribution in [3.8, 4) is 5.75 Å². The zero-order valence-electron chi connectivity index (χ0n) is 29.0. The molecular weight excluding hydrogens is 672 g/mol. The first-order chi connectivity index (χ1) is 24.3. The number of hydrogen-bond acceptors (Lipinski definition) is 7. The molecule has 0 unspecified atom stereocenters. The maximum Gasteiger partial charge on any atom is 0.416 e. The van der Waals surface area contributed by atoms with Gasteiger partial charge in [-0.3, -0.25) is 19.3 Å². The van der Waals surface area contributed by atoms with Crippen LogP contribution in [-0.4, -0.2) is 123 Å². The Hall–Kier alpha value is -3.91. The van der Waals surface area contributed by atoms with E-state index >= 15 is 4.39 Å². The fourth-order valence-corrected chi connectivity index (χ4v) is 8.41. The van der Waals surface area contributed by atoms with E-state index in [0.717, 1.165) is 25.0 Å². The number of likely N-dealkylation sites (tertiary alicyclic amines) is 3. The highest BCUT2D eigenvalue weighted by molar-refractivity contribution is 5.88. The van der Waals surface area contributed by atoms with Gasteiger partial charge in [-0.05, 0) is 61.1 Å². The predicted octanol–water partition coefficient (Wildman–Crippen LogP) is 4.63. The number of amides is 2. The van der Waals surface area contributed by atoms with Crippen molar-refractivity contribution in [1.82, 2.24) is 14.7 Å². The van der Waals surface area contributed by atoms with Gasteiger partial charge in [-0.2, -0.15) is 13.2 Å². The molecule has 6 rings (SSSR count). The molecule has 10 nitrogen and oxygen atoms in total. The molecule has 14 heteroatoms. The molecule has 4 saturated heterocycles. The number of carboxylic acids is 1. The Morgan fingerprint density at radius 2 is 1.61 bits per heavy atom. The van der Waals surface area contributed by atoms with Crippen molar-refractivity contribution < 1.29 is 46.5 Å². The summed E-state index contributed by atoms with van der Waals surface area (Å²) in [5, 5.41) is 9.51. The van der Waals surface area contributed by atoms with Crippen molar-refractivity contribution in [1.29, 1.82) is 0 Å². The molecule has 0 aliphatic carbocycles. The van der Waals surface area contributed by atoms with Crippen LogP contribution in [0.15, 0.2) is 42.5 Å². The molecule has 0 spiro atoms. The summed E-state index contributed by atoms with van der Waals surface area (Å²) in [5.74, 6) is -3.43. The highest BCUT2D eigenvalue weighted by atomic mass is 19.4. The Morgan fingerprint density at radius 1 is 0.922 bits per heavy atom. The van der Waals surface area contributed by atoms with E-state index in [4.69, 9.17) is 9.47 Å². The maximum absolute atomic E-state index is 17.7. The molecule has 0 bridgehead atoms. The summed E-state index contributed by atoms with van der Waals surface area (Å²) in [6.07, 6.45) is -2.18. The molecule has 2 amide bonds. The number of carbonyl (C=O) groups excluding carboxylic acids is 2. The number of benzene rings is 2. The Balaban J connectivity index is 1.30. The molecule has 0 aromatic heterocycles. The van der Waals surface area contributed by atoms with Gasteiger partial charge in [-0.15, -0.1) is 0 Å². The lowest BCUT2D eigenvalue weighted by molar-refractivity contribution is -0.144. The molecule has 4 heterocycles. The Labute approximate surface area is 295 Å². The minimum Gasteiger partial charge on any atom is -0.497 e. The minimum atomic E-state index is -4.60. The second-order valence-electron chi connectivity index (χ2n) is 14.3. The summed E-state index contributed by atoms with van der Waals surface area (Å²) in [7, 11) is 3.04.